The van der Waals surface area contributed by atoms with Crippen LogP contribution >= 0.6 is 11.3 Å². The quantitative estimate of drug-likeness (QED) is 0.620. The molecule has 0 unspecified atom stereocenters. The second-order valence-electron chi connectivity index (χ2n) is 7.50. The Bertz CT molecular complexity index is 942. The fourth-order valence-corrected chi connectivity index (χ4v) is 4.56. The number of benzene rings is 2. The fraction of sp³-hybridized carbons (Fsp3) is 0.333. The molecule has 0 bridgehead atoms. The number of carbonyl (C=O) groups is 1. The van der Waals surface area contributed by atoms with E-state index >= 15 is 0 Å². The Morgan fingerprint density at radius 3 is 2.59 bits per heavy atom. The third-order valence-electron chi connectivity index (χ3n) is 5.18. The number of nitrogens with zero attached hydrogens (tertiary/aromatic N) is 1. The first-order valence-electron chi connectivity index (χ1n) is 9.49. The molecule has 4 rings (SSSR count). The average molecular weight is 383 g/mol. The molecule has 0 radical (unpaired) electrons. The molecule has 0 saturated carbocycles. The van der Waals surface area contributed by atoms with E-state index in [1.807, 2.05) is 24.3 Å². The molecule has 140 valence electrons. The van der Waals surface area contributed by atoms with Crippen LogP contribution in [-0.2, 0) is 4.79 Å². The molecule has 0 atom stereocenters. The third-order valence-corrected chi connectivity index (χ3v) is 6.25. The molecule has 1 aliphatic rings. The smallest absolute Gasteiger partial charge is 0.279 e. The van der Waals surface area contributed by atoms with Crippen LogP contribution in [0.1, 0.15) is 5.56 Å². The van der Waals surface area contributed by atoms with Crippen molar-refractivity contribution in [2.24, 2.45) is 0 Å². The van der Waals surface area contributed by atoms with Gasteiger partial charge in [-0.1, -0.05) is 6.07 Å². The third kappa shape index (κ3) is 4.35. The molecular formula is C21H26N4OS+2. The van der Waals surface area contributed by atoms with E-state index in [4.69, 9.17) is 4.98 Å². The summed E-state index contributed by atoms with van der Waals surface area (Å²) in [7, 11) is 2.21. The van der Waals surface area contributed by atoms with Crippen LogP contribution in [0.5, 0.6) is 0 Å². The minimum absolute atomic E-state index is 0.0905. The number of carbonyl (C=O) groups excluding carboxylic acids is 1. The van der Waals surface area contributed by atoms with Gasteiger partial charge < -0.3 is 15.1 Å². The van der Waals surface area contributed by atoms with Gasteiger partial charge in [0.1, 0.15) is 31.2 Å². The van der Waals surface area contributed by atoms with E-state index in [2.05, 4.69) is 37.5 Å². The molecule has 3 N–H and O–H groups in total. The van der Waals surface area contributed by atoms with E-state index in [0.29, 0.717) is 6.54 Å². The van der Waals surface area contributed by atoms with E-state index in [-0.39, 0.29) is 5.91 Å². The number of thiazole rings is 1. The van der Waals surface area contributed by atoms with Gasteiger partial charge in [0.15, 0.2) is 6.54 Å². The highest BCUT2D eigenvalue weighted by molar-refractivity contribution is 7.21. The van der Waals surface area contributed by atoms with Crippen molar-refractivity contribution in [1.82, 2.24) is 4.98 Å². The van der Waals surface area contributed by atoms with Crippen LogP contribution in [0.4, 0.5) is 5.69 Å². The van der Waals surface area contributed by atoms with Crippen molar-refractivity contribution in [3.8, 4) is 10.6 Å². The largest absolute Gasteiger partial charge is 0.328 e. The Kier molecular flexibility index (Phi) is 5.20. The Morgan fingerprint density at radius 2 is 1.85 bits per heavy atom. The number of aryl methyl sites for hydroxylation is 1. The molecule has 1 amide bonds. The lowest BCUT2D eigenvalue weighted by Crippen LogP contribution is -3.27. The normalized spacial score (nSPS) is 19.9. The summed E-state index contributed by atoms with van der Waals surface area (Å²) in [5.74, 6) is 0.0905. The predicted octanol–water partition coefficient (Wildman–Crippen LogP) is 0.623. The summed E-state index contributed by atoms with van der Waals surface area (Å²) >= 11 is 1.70. The molecule has 1 saturated heterocycles. The summed E-state index contributed by atoms with van der Waals surface area (Å²) in [6, 6.07) is 14.3. The van der Waals surface area contributed by atoms with Crippen LogP contribution in [-0.4, -0.2) is 50.7 Å². The first kappa shape index (κ1) is 18.1. The number of rotatable bonds is 4. The molecule has 2 heterocycles. The summed E-state index contributed by atoms with van der Waals surface area (Å²) in [4.78, 5) is 20.0. The Labute approximate surface area is 163 Å². The maximum absolute atomic E-state index is 12.3. The lowest BCUT2D eigenvalue weighted by Gasteiger charge is -2.26. The summed E-state index contributed by atoms with van der Waals surface area (Å²) in [5.41, 5.74) is 4.22. The summed E-state index contributed by atoms with van der Waals surface area (Å²) in [6.45, 7) is 7.05. The number of fused-ring (bicyclic) bond motifs is 1. The second kappa shape index (κ2) is 7.76. The summed E-state index contributed by atoms with van der Waals surface area (Å²) in [6.07, 6.45) is 0. The molecule has 27 heavy (non-hydrogen) atoms. The van der Waals surface area contributed by atoms with Crippen LogP contribution in [0.3, 0.4) is 0 Å². The number of nitrogens with one attached hydrogen (secondary N) is 3. The van der Waals surface area contributed by atoms with Gasteiger partial charge in [0.2, 0.25) is 0 Å². The van der Waals surface area contributed by atoms with E-state index in [9.17, 15) is 4.79 Å². The molecule has 0 aliphatic carbocycles. The van der Waals surface area contributed by atoms with Gasteiger partial charge in [-0.2, -0.15) is 0 Å². The van der Waals surface area contributed by atoms with E-state index in [1.165, 1.54) is 15.2 Å². The van der Waals surface area contributed by atoms with Gasteiger partial charge in [0, 0.05) is 11.3 Å². The molecule has 5 nitrogen and oxygen atoms in total. The number of aromatic nitrogens is 1. The van der Waals surface area contributed by atoms with Crippen LogP contribution < -0.4 is 15.1 Å². The number of quaternary nitrogens is 2. The van der Waals surface area contributed by atoms with Crippen molar-refractivity contribution >= 4 is 33.1 Å². The Balaban J connectivity index is 1.40. The van der Waals surface area contributed by atoms with E-state index in [1.54, 1.807) is 16.2 Å². The molecule has 1 aromatic heterocycles. The van der Waals surface area contributed by atoms with Crippen molar-refractivity contribution in [3.05, 3.63) is 48.0 Å². The number of likely N-dealkylation sites (N-methyl/N-ethyl adjacent to an activating group) is 1. The summed E-state index contributed by atoms with van der Waals surface area (Å²) < 4.78 is 1.21. The van der Waals surface area contributed by atoms with Crippen molar-refractivity contribution in [3.63, 3.8) is 0 Å². The zero-order valence-corrected chi connectivity index (χ0v) is 16.7. The molecular weight excluding hydrogens is 356 g/mol. The SMILES string of the molecule is Cc1ccc2nc(-c3ccc(NC(=O)C[NH+]4CC[NH+](C)CC4)cc3)sc2c1. The standard InChI is InChI=1S/C21H24N4OS/c1-15-3-8-18-19(13-15)27-21(23-18)16-4-6-17(7-5-16)22-20(26)14-25-11-9-24(2)10-12-25/h3-8,13H,9-12,14H2,1-2H3,(H,22,26)/p+2. The monoisotopic (exact) mass is 382 g/mol. The maximum Gasteiger partial charge on any atom is 0.279 e. The minimum Gasteiger partial charge on any atom is -0.328 e. The first-order chi connectivity index (χ1) is 13.1. The molecule has 3 aromatic rings. The number of amides is 1. The van der Waals surface area contributed by atoms with Crippen molar-refractivity contribution < 1.29 is 14.6 Å². The highest BCUT2D eigenvalue weighted by atomic mass is 32.1. The summed E-state index contributed by atoms with van der Waals surface area (Å²) in [5, 5.41) is 4.04. The van der Waals surface area contributed by atoms with Gasteiger partial charge in [-0.3, -0.25) is 4.79 Å². The molecule has 1 fully saturated rings. The number of anilines is 1. The fourth-order valence-electron chi connectivity index (χ4n) is 3.49. The number of hydrogen-bond donors (Lipinski definition) is 3. The van der Waals surface area contributed by atoms with Crippen LogP contribution in [0.2, 0.25) is 0 Å². The van der Waals surface area contributed by atoms with Crippen LogP contribution in [0, 0.1) is 6.92 Å². The first-order valence-corrected chi connectivity index (χ1v) is 10.3. The highest BCUT2D eigenvalue weighted by Crippen LogP contribution is 2.31. The molecule has 0 spiro atoms. The zero-order chi connectivity index (χ0) is 18.8. The second-order valence-corrected chi connectivity index (χ2v) is 8.53. The Hall–Kier alpha value is -2.28. The lowest BCUT2D eigenvalue weighted by molar-refractivity contribution is -0.999. The van der Waals surface area contributed by atoms with Gasteiger partial charge in [-0.25, -0.2) is 4.98 Å². The number of hydrogen-bond acceptors (Lipinski definition) is 3. The van der Waals surface area contributed by atoms with Crippen LogP contribution in [0.25, 0.3) is 20.8 Å². The lowest BCUT2D eigenvalue weighted by atomic mass is 10.2. The van der Waals surface area contributed by atoms with Crippen LogP contribution in [0.15, 0.2) is 42.5 Å². The molecule has 2 aromatic carbocycles. The van der Waals surface area contributed by atoms with Gasteiger partial charge in [0.05, 0.1) is 17.3 Å². The van der Waals surface area contributed by atoms with Gasteiger partial charge in [0.25, 0.3) is 5.91 Å². The van der Waals surface area contributed by atoms with Gasteiger partial charge in [-0.15, -0.1) is 11.3 Å². The van der Waals surface area contributed by atoms with Gasteiger partial charge >= 0.3 is 0 Å². The predicted molar refractivity (Wildman–Crippen MR) is 111 cm³/mol. The average Bonchev–Trinajstić information content (AvgIpc) is 3.07. The minimum atomic E-state index is 0.0905. The van der Waals surface area contributed by atoms with Crippen molar-refractivity contribution in [1.29, 1.82) is 0 Å². The maximum atomic E-state index is 12.3. The highest BCUT2D eigenvalue weighted by Gasteiger charge is 2.22. The van der Waals surface area contributed by atoms with Gasteiger partial charge in [-0.05, 0) is 48.9 Å². The zero-order valence-electron chi connectivity index (χ0n) is 15.8. The topological polar surface area (TPSA) is 50.9 Å². The molecule has 1 aliphatic heterocycles. The van der Waals surface area contributed by atoms with Crippen molar-refractivity contribution in [2.45, 2.75) is 6.92 Å². The van der Waals surface area contributed by atoms with Crippen molar-refractivity contribution in [2.75, 3.05) is 45.1 Å². The van der Waals surface area contributed by atoms with E-state index < -0.39 is 0 Å². The number of piperazine rings is 1. The Morgan fingerprint density at radius 1 is 1.11 bits per heavy atom. The van der Waals surface area contributed by atoms with E-state index in [0.717, 1.165) is 48.0 Å². The molecule has 6 heteroatoms.